The summed E-state index contributed by atoms with van der Waals surface area (Å²) in [5, 5.41) is 16.6. The maximum absolute atomic E-state index is 13.3. The second-order valence-electron chi connectivity index (χ2n) is 6.72. The molecule has 0 N–H and O–H groups in total. The van der Waals surface area contributed by atoms with Crippen molar-refractivity contribution in [1.29, 1.82) is 0 Å². The monoisotopic (exact) mass is 450 g/mol. The zero-order chi connectivity index (χ0) is 22.7. The summed E-state index contributed by atoms with van der Waals surface area (Å²) in [6.07, 6.45) is 1.25. The number of nitro groups is 1. The highest BCUT2D eigenvalue weighted by Crippen LogP contribution is 2.31. The first-order valence-electron chi connectivity index (χ1n) is 9.67. The zero-order valence-electron chi connectivity index (χ0n) is 17.2. The van der Waals surface area contributed by atoms with Gasteiger partial charge < -0.3 is 9.15 Å². The molecule has 0 saturated carbocycles. The molecule has 162 valence electrons. The summed E-state index contributed by atoms with van der Waals surface area (Å²) < 4.78 is 11.5. The van der Waals surface area contributed by atoms with Gasteiger partial charge in [-0.1, -0.05) is 17.4 Å². The van der Waals surface area contributed by atoms with E-state index in [1.165, 1.54) is 29.7 Å². The lowest BCUT2D eigenvalue weighted by Gasteiger charge is -2.14. The van der Waals surface area contributed by atoms with Crippen LogP contribution >= 0.6 is 11.3 Å². The Hall–Kier alpha value is -4.05. The number of nitrogens with zero attached hydrogens (tertiary/aromatic N) is 4. The number of aromatic nitrogens is 1. The summed E-state index contributed by atoms with van der Waals surface area (Å²) in [5.74, 6) is -0.0388. The molecule has 9 nitrogen and oxygen atoms in total. The molecule has 32 heavy (non-hydrogen) atoms. The fourth-order valence-corrected chi connectivity index (χ4v) is 3.93. The van der Waals surface area contributed by atoms with Gasteiger partial charge in [-0.15, -0.1) is 0 Å². The summed E-state index contributed by atoms with van der Waals surface area (Å²) in [7, 11) is 0. The minimum atomic E-state index is -0.643. The Morgan fingerprint density at radius 3 is 2.72 bits per heavy atom. The van der Waals surface area contributed by atoms with E-state index in [0.29, 0.717) is 23.1 Å². The number of fused-ring (bicyclic) bond motifs is 1. The average molecular weight is 450 g/mol. The largest absolute Gasteiger partial charge is 0.494 e. The van der Waals surface area contributed by atoms with E-state index in [2.05, 4.69) is 10.1 Å². The highest BCUT2D eigenvalue weighted by molar-refractivity contribution is 7.22. The first kappa shape index (κ1) is 21.2. The number of hydrogen-bond acceptors (Lipinski definition) is 8. The van der Waals surface area contributed by atoms with Crippen LogP contribution < -0.4 is 9.75 Å². The highest BCUT2D eigenvalue weighted by atomic mass is 32.1. The number of furan rings is 1. The number of thiazole rings is 1. The Balaban J connectivity index is 1.71. The molecular formula is C22H18N4O5S. The Labute approximate surface area is 186 Å². The van der Waals surface area contributed by atoms with Gasteiger partial charge in [0.2, 0.25) is 5.13 Å². The van der Waals surface area contributed by atoms with Crippen LogP contribution in [0.2, 0.25) is 0 Å². The van der Waals surface area contributed by atoms with Crippen LogP contribution in [0.1, 0.15) is 28.6 Å². The van der Waals surface area contributed by atoms with Crippen LogP contribution in [0, 0.1) is 17.0 Å². The van der Waals surface area contributed by atoms with E-state index in [1.807, 2.05) is 32.0 Å². The SMILES string of the molecule is CCOc1ccc(C(=O)N(/N=C/c2ccc([N+](=O)[O-])o2)c2nc3ccc(C)cc3s2)cc1. The Morgan fingerprint density at radius 2 is 2.03 bits per heavy atom. The molecule has 0 aliphatic rings. The second kappa shape index (κ2) is 8.98. The highest BCUT2D eigenvalue weighted by Gasteiger charge is 2.22. The number of carbonyl (C=O) groups excluding carboxylic acids is 1. The zero-order valence-corrected chi connectivity index (χ0v) is 18.0. The first-order valence-corrected chi connectivity index (χ1v) is 10.5. The van der Waals surface area contributed by atoms with Gasteiger partial charge in [0.05, 0.1) is 29.1 Å². The van der Waals surface area contributed by atoms with Crippen molar-refractivity contribution in [3.63, 3.8) is 0 Å². The lowest BCUT2D eigenvalue weighted by atomic mass is 10.2. The molecule has 0 fully saturated rings. The molecule has 0 aliphatic carbocycles. The van der Waals surface area contributed by atoms with Crippen LogP contribution in [-0.4, -0.2) is 28.6 Å². The van der Waals surface area contributed by atoms with E-state index in [9.17, 15) is 14.9 Å². The van der Waals surface area contributed by atoms with Crippen LogP contribution in [0.5, 0.6) is 5.75 Å². The van der Waals surface area contributed by atoms with Crippen molar-refractivity contribution < 1.29 is 18.9 Å². The second-order valence-corrected chi connectivity index (χ2v) is 7.73. The van der Waals surface area contributed by atoms with Gasteiger partial charge in [0.1, 0.15) is 10.7 Å². The third-order valence-corrected chi connectivity index (χ3v) is 5.41. The summed E-state index contributed by atoms with van der Waals surface area (Å²) >= 11 is 1.32. The molecule has 4 aromatic rings. The molecule has 0 atom stereocenters. The molecule has 0 radical (unpaired) electrons. The molecule has 0 aliphatic heterocycles. The number of benzene rings is 2. The van der Waals surface area contributed by atoms with Crippen molar-refractivity contribution in [2.45, 2.75) is 13.8 Å². The van der Waals surface area contributed by atoms with Gasteiger partial charge in [-0.05, 0) is 61.9 Å². The summed E-state index contributed by atoms with van der Waals surface area (Å²) in [6, 6.07) is 15.1. The van der Waals surface area contributed by atoms with Crippen molar-refractivity contribution in [1.82, 2.24) is 4.98 Å². The lowest BCUT2D eigenvalue weighted by molar-refractivity contribution is -0.402. The maximum atomic E-state index is 13.3. The van der Waals surface area contributed by atoms with Crippen molar-refractivity contribution in [2.24, 2.45) is 5.10 Å². The summed E-state index contributed by atoms with van der Waals surface area (Å²) in [4.78, 5) is 28.0. The fraction of sp³-hybridized carbons (Fsp3) is 0.136. The first-order chi connectivity index (χ1) is 15.4. The number of aryl methyl sites for hydroxylation is 1. The number of hydrogen-bond donors (Lipinski definition) is 0. The van der Waals surface area contributed by atoms with Gasteiger partial charge >= 0.3 is 5.88 Å². The Bertz CT molecular complexity index is 1310. The molecule has 2 aromatic carbocycles. The normalized spacial score (nSPS) is 11.2. The fourth-order valence-electron chi connectivity index (χ4n) is 2.91. The molecule has 10 heteroatoms. The lowest BCUT2D eigenvalue weighted by Crippen LogP contribution is -2.25. The number of ether oxygens (including phenoxy) is 1. The van der Waals surface area contributed by atoms with Crippen LogP contribution in [0.15, 0.2) is 64.1 Å². The van der Waals surface area contributed by atoms with Crippen LogP contribution in [-0.2, 0) is 0 Å². The summed E-state index contributed by atoms with van der Waals surface area (Å²) in [6.45, 7) is 4.37. The summed E-state index contributed by atoms with van der Waals surface area (Å²) in [5.41, 5.74) is 2.19. The molecule has 2 heterocycles. The van der Waals surface area contributed by atoms with E-state index >= 15 is 0 Å². The third kappa shape index (κ3) is 4.49. The van der Waals surface area contributed by atoms with Gasteiger partial charge in [-0.2, -0.15) is 10.1 Å². The van der Waals surface area contributed by atoms with Gasteiger partial charge in [-0.25, -0.2) is 4.98 Å². The van der Waals surface area contributed by atoms with Gasteiger partial charge in [-0.3, -0.25) is 14.9 Å². The topological polar surface area (TPSA) is 111 Å². The quantitative estimate of drug-likeness (QED) is 0.218. The van der Waals surface area contributed by atoms with Crippen molar-refractivity contribution in [3.05, 3.63) is 81.6 Å². The smallest absolute Gasteiger partial charge is 0.433 e. The van der Waals surface area contributed by atoms with Crippen molar-refractivity contribution in [2.75, 3.05) is 11.6 Å². The predicted octanol–water partition coefficient (Wildman–Crippen LogP) is 5.19. The standard InChI is InChI=1S/C22H18N4O5S/c1-3-30-16-7-5-15(6-8-16)21(27)25(23-13-17-9-11-20(31-17)26(28)29)22-24-18-10-4-14(2)12-19(18)32-22/h4-13H,3H2,1-2H3/b23-13+. The van der Waals surface area contributed by atoms with E-state index < -0.39 is 16.7 Å². The van der Waals surface area contributed by atoms with Crippen LogP contribution in [0.25, 0.3) is 10.2 Å². The number of amides is 1. The van der Waals surface area contributed by atoms with Crippen LogP contribution in [0.4, 0.5) is 11.0 Å². The van der Waals surface area contributed by atoms with E-state index in [0.717, 1.165) is 20.8 Å². The number of anilines is 1. The average Bonchev–Trinajstić information content (AvgIpc) is 3.41. The van der Waals surface area contributed by atoms with E-state index in [1.54, 1.807) is 24.3 Å². The number of rotatable bonds is 7. The molecule has 2 aromatic heterocycles. The van der Waals surface area contributed by atoms with E-state index in [4.69, 9.17) is 9.15 Å². The van der Waals surface area contributed by atoms with Crippen molar-refractivity contribution in [3.8, 4) is 5.75 Å². The molecule has 0 bridgehead atoms. The minimum Gasteiger partial charge on any atom is -0.494 e. The molecular weight excluding hydrogens is 432 g/mol. The van der Waals surface area contributed by atoms with Crippen molar-refractivity contribution >= 4 is 44.7 Å². The predicted molar refractivity (Wildman–Crippen MR) is 122 cm³/mol. The van der Waals surface area contributed by atoms with Gasteiger partial charge in [0.15, 0.2) is 5.76 Å². The third-order valence-electron chi connectivity index (χ3n) is 4.41. The van der Waals surface area contributed by atoms with Gasteiger partial charge in [0, 0.05) is 5.56 Å². The Kier molecular flexibility index (Phi) is 5.95. The minimum absolute atomic E-state index is 0.137. The van der Waals surface area contributed by atoms with E-state index in [-0.39, 0.29) is 5.76 Å². The molecule has 4 rings (SSSR count). The number of hydrazone groups is 1. The maximum Gasteiger partial charge on any atom is 0.433 e. The molecule has 0 saturated heterocycles. The van der Waals surface area contributed by atoms with Crippen LogP contribution in [0.3, 0.4) is 0 Å². The molecule has 1 amide bonds. The number of carbonyl (C=O) groups is 1. The Morgan fingerprint density at radius 1 is 1.25 bits per heavy atom. The molecule has 0 unspecified atom stereocenters. The molecule has 0 spiro atoms. The van der Waals surface area contributed by atoms with Gasteiger partial charge in [0.25, 0.3) is 5.91 Å².